The predicted octanol–water partition coefficient (Wildman–Crippen LogP) is 5.36. The molecule has 5 nitrogen and oxygen atoms in total. The number of hydrogen-bond donors (Lipinski definition) is 2. The number of amides is 1. The fourth-order valence-corrected chi connectivity index (χ4v) is 4.69. The van der Waals surface area contributed by atoms with Crippen molar-refractivity contribution >= 4 is 40.3 Å². The molecule has 1 fully saturated rings. The monoisotopic (exact) mass is 474 g/mol. The summed E-state index contributed by atoms with van der Waals surface area (Å²) in [5.41, 5.74) is 1.50. The number of alkyl halides is 3. The third-order valence-electron chi connectivity index (χ3n) is 6.11. The Hall–Kier alpha value is -2.94. The number of fused-ring (bicyclic) bond motifs is 1. The molecule has 2 aromatic carbocycles. The summed E-state index contributed by atoms with van der Waals surface area (Å²) < 4.78 is 40.0. The Morgan fingerprint density at radius 2 is 1.73 bits per heavy atom. The minimum absolute atomic E-state index is 0.101. The van der Waals surface area contributed by atoms with Crippen LogP contribution < -0.4 is 15.5 Å². The van der Waals surface area contributed by atoms with E-state index in [0.29, 0.717) is 0 Å². The predicted molar refractivity (Wildman–Crippen MR) is 128 cm³/mol. The molecule has 2 aromatic rings. The largest absolute Gasteiger partial charge is 0.418 e. The third-order valence-corrected chi connectivity index (χ3v) is 6.33. The van der Waals surface area contributed by atoms with Crippen LogP contribution in [0, 0.1) is 5.92 Å². The van der Waals surface area contributed by atoms with Crippen molar-refractivity contribution in [1.29, 1.82) is 0 Å². The summed E-state index contributed by atoms with van der Waals surface area (Å²) in [4.78, 5) is 19.6. The number of benzene rings is 2. The highest BCUT2D eigenvalue weighted by atomic mass is 32.1. The van der Waals surface area contributed by atoms with E-state index < -0.39 is 17.9 Å². The molecule has 0 radical (unpaired) electrons. The van der Waals surface area contributed by atoms with E-state index in [1.54, 1.807) is 7.05 Å². The highest BCUT2D eigenvalue weighted by molar-refractivity contribution is 7.80. The number of thiocarbonyl (C=S) groups is 1. The summed E-state index contributed by atoms with van der Waals surface area (Å²) in [7, 11) is 1.67. The number of halogens is 3. The van der Waals surface area contributed by atoms with Crippen LogP contribution in [0.4, 0.5) is 24.5 Å². The normalized spacial score (nSPS) is 19.4. The summed E-state index contributed by atoms with van der Waals surface area (Å²) in [6, 6.07) is 12.7. The topological polar surface area (TPSA) is 56.7 Å². The van der Waals surface area contributed by atoms with Crippen molar-refractivity contribution in [2.75, 3.05) is 17.3 Å². The zero-order chi connectivity index (χ0) is 23.6. The smallest absolute Gasteiger partial charge is 0.333 e. The number of carbonyl (C=O) groups excluding carboxylic acids is 1. The fourth-order valence-electron chi connectivity index (χ4n) is 4.47. The maximum atomic E-state index is 13.3. The minimum Gasteiger partial charge on any atom is -0.333 e. The van der Waals surface area contributed by atoms with Crippen LogP contribution in [0.5, 0.6) is 0 Å². The van der Waals surface area contributed by atoms with Crippen molar-refractivity contribution in [3.8, 4) is 0 Å². The van der Waals surface area contributed by atoms with Gasteiger partial charge in [0.05, 0.1) is 22.6 Å². The maximum Gasteiger partial charge on any atom is 0.418 e. The second-order valence-electron chi connectivity index (χ2n) is 8.31. The van der Waals surface area contributed by atoms with Crippen LogP contribution in [0.15, 0.2) is 53.5 Å². The summed E-state index contributed by atoms with van der Waals surface area (Å²) >= 11 is 5.29. The number of para-hydroxylation sites is 2. The van der Waals surface area contributed by atoms with E-state index in [2.05, 4.69) is 10.6 Å². The molecule has 4 rings (SSSR count). The SMILES string of the molecule is CN1C(=O)C(NC(=S)Nc2ccccc2C(F)(F)F)N=C(C2CCCCC2)c2ccccc21. The van der Waals surface area contributed by atoms with Crippen LogP contribution in [0.1, 0.15) is 43.2 Å². The number of hydrogen-bond acceptors (Lipinski definition) is 3. The van der Waals surface area contributed by atoms with Crippen LogP contribution in [-0.4, -0.2) is 29.9 Å². The molecule has 1 aliphatic heterocycles. The fraction of sp³-hybridized carbons (Fsp3) is 0.375. The van der Waals surface area contributed by atoms with Crippen LogP contribution in [0.2, 0.25) is 0 Å². The summed E-state index contributed by atoms with van der Waals surface area (Å²) in [5.74, 6) is -0.113. The first kappa shape index (κ1) is 23.2. The molecule has 1 unspecified atom stereocenters. The molecule has 0 bridgehead atoms. The first-order valence-electron chi connectivity index (χ1n) is 10.9. The van der Waals surface area contributed by atoms with Crippen LogP contribution in [-0.2, 0) is 11.0 Å². The Morgan fingerprint density at radius 3 is 2.45 bits per heavy atom. The quantitative estimate of drug-likeness (QED) is 0.588. The molecule has 1 saturated carbocycles. The van der Waals surface area contributed by atoms with Gasteiger partial charge in [-0.1, -0.05) is 49.6 Å². The molecule has 0 aromatic heterocycles. The lowest BCUT2D eigenvalue weighted by molar-refractivity contribution is -0.137. The van der Waals surface area contributed by atoms with Gasteiger partial charge in [-0.25, -0.2) is 0 Å². The van der Waals surface area contributed by atoms with Crippen molar-refractivity contribution < 1.29 is 18.0 Å². The van der Waals surface area contributed by atoms with Gasteiger partial charge in [0.25, 0.3) is 5.91 Å². The number of rotatable bonds is 3. The van der Waals surface area contributed by atoms with Gasteiger partial charge in [-0.2, -0.15) is 13.2 Å². The van der Waals surface area contributed by atoms with Crippen molar-refractivity contribution in [2.45, 2.75) is 44.4 Å². The average molecular weight is 475 g/mol. The molecule has 0 saturated heterocycles. The number of benzodiazepines with no additional fused rings is 1. The van der Waals surface area contributed by atoms with Crippen molar-refractivity contribution in [3.05, 3.63) is 59.7 Å². The van der Waals surface area contributed by atoms with E-state index in [0.717, 1.165) is 48.7 Å². The van der Waals surface area contributed by atoms with Gasteiger partial charge in [-0.3, -0.25) is 9.79 Å². The van der Waals surface area contributed by atoms with Crippen LogP contribution >= 0.6 is 12.2 Å². The molecule has 174 valence electrons. The number of nitrogens with one attached hydrogen (secondary N) is 2. The van der Waals surface area contributed by atoms with E-state index >= 15 is 0 Å². The van der Waals surface area contributed by atoms with Gasteiger partial charge in [0, 0.05) is 18.5 Å². The molecule has 2 aliphatic rings. The Kier molecular flexibility index (Phi) is 6.69. The minimum atomic E-state index is -4.54. The van der Waals surface area contributed by atoms with Gasteiger partial charge < -0.3 is 15.5 Å². The molecule has 0 spiro atoms. The number of nitrogens with zero attached hydrogens (tertiary/aromatic N) is 2. The van der Waals surface area contributed by atoms with Crippen LogP contribution in [0.3, 0.4) is 0 Å². The summed E-state index contributed by atoms with van der Waals surface area (Å²) in [6.07, 6.45) is -0.232. The Bertz CT molecular complexity index is 1080. The molecule has 9 heteroatoms. The van der Waals surface area contributed by atoms with Gasteiger partial charge in [-0.15, -0.1) is 0 Å². The number of anilines is 2. The van der Waals surface area contributed by atoms with E-state index in [1.165, 1.54) is 29.5 Å². The molecule has 1 amide bonds. The van der Waals surface area contributed by atoms with E-state index in [-0.39, 0.29) is 22.6 Å². The van der Waals surface area contributed by atoms with Crippen molar-refractivity contribution in [2.24, 2.45) is 10.9 Å². The molecule has 1 aliphatic carbocycles. The van der Waals surface area contributed by atoms with Crippen molar-refractivity contribution in [1.82, 2.24) is 5.32 Å². The highest BCUT2D eigenvalue weighted by Gasteiger charge is 2.35. The Labute approximate surface area is 196 Å². The standard InChI is InChI=1S/C24H25F3N4OS/c1-31-19-14-8-5-11-16(19)20(15-9-3-2-4-10-15)29-21(22(31)32)30-23(33)28-18-13-7-6-12-17(18)24(25,26)27/h5-8,11-15,21H,2-4,9-10H2,1H3,(H2,28,30,33). The zero-order valence-electron chi connectivity index (χ0n) is 18.2. The van der Waals surface area contributed by atoms with Gasteiger partial charge >= 0.3 is 6.18 Å². The lowest BCUT2D eigenvalue weighted by Gasteiger charge is -2.25. The third kappa shape index (κ3) is 5.03. The number of likely N-dealkylation sites (N-methyl/N-ethyl adjacent to an activating group) is 1. The second kappa shape index (κ2) is 9.51. The lowest BCUT2D eigenvalue weighted by Crippen LogP contribution is -2.47. The van der Waals surface area contributed by atoms with Gasteiger partial charge in [0.1, 0.15) is 0 Å². The number of aliphatic imine (C=N–C) groups is 1. The highest BCUT2D eigenvalue weighted by Crippen LogP contribution is 2.35. The molecular formula is C24H25F3N4OS. The maximum absolute atomic E-state index is 13.3. The first-order chi connectivity index (χ1) is 15.8. The van der Waals surface area contributed by atoms with Gasteiger partial charge in [0.2, 0.25) is 6.17 Å². The lowest BCUT2D eigenvalue weighted by atomic mass is 9.83. The van der Waals surface area contributed by atoms with Crippen LogP contribution in [0.25, 0.3) is 0 Å². The summed E-state index contributed by atoms with van der Waals surface area (Å²) in [6.45, 7) is 0. The van der Waals surface area contributed by atoms with Gasteiger partial charge in [0.15, 0.2) is 5.11 Å². The van der Waals surface area contributed by atoms with Crippen molar-refractivity contribution in [3.63, 3.8) is 0 Å². The molecule has 2 N–H and O–H groups in total. The van der Waals surface area contributed by atoms with E-state index in [9.17, 15) is 18.0 Å². The van der Waals surface area contributed by atoms with Gasteiger partial charge in [-0.05, 0) is 43.3 Å². The average Bonchev–Trinajstić information content (AvgIpc) is 2.90. The Balaban J connectivity index is 1.63. The Morgan fingerprint density at radius 1 is 1.06 bits per heavy atom. The molecule has 33 heavy (non-hydrogen) atoms. The molecular weight excluding hydrogens is 449 g/mol. The summed E-state index contributed by atoms with van der Waals surface area (Å²) in [5, 5.41) is 5.34. The molecule has 1 atom stereocenters. The van der Waals surface area contributed by atoms with E-state index in [1.807, 2.05) is 24.3 Å². The van der Waals surface area contributed by atoms with E-state index in [4.69, 9.17) is 17.2 Å². The first-order valence-corrected chi connectivity index (χ1v) is 11.3. The zero-order valence-corrected chi connectivity index (χ0v) is 19.0. The molecule has 1 heterocycles. The second-order valence-corrected chi connectivity index (χ2v) is 8.72. The number of carbonyl (C=O) groups is 1.